The van der Waals surface area contributed by atoms with Crippen LogP contribution in [0.4, 0.5) is 0 Å². The summed E-state index contributed by atoms with van der Waals surface area (Å²) in [5.74, 6) is 0.899. The van der Waals surface area contributed by atoms with Crippen molar-refractivity contribution in [2.24, 2.45) is 0 Å². The van der Waals surface area contributed by atoms with Crippen molar-refractivity contribution in [3.05, 3.63) is 134 Å². The molecule has 4 nitrogen and oxygen atoms in total. The van der Waals surface area contributed by atoms with Crippen molar-refractivity contribution < 1.29 is 0 Å². The highest BCUT2D eigenvalue weighted by Crippen LogP contribution is 2.37. The third-order valence-electron chi connectivity index (χ3n) is 8.13. The number of pyridine rings is 2. The maximum Gasteiger partial charge on any atom is 0.146 e. The van der Waals surface area contributed by atoms with Crippen molar-refractivity contribution in [2.45, 2.75) is 0 Å². The van der Waals surface area contributed by atoms with Gasteiger partial charge in [-0.25, -0.2) is 9.97 Å². The van der Waals surface area contributed by atoms with E-state index in [1.54, 1.807) is 0 Å². The van der Waals surface area contributed by atoms with Crippen LogP contribution < -0.4 is 0 Å². The molecule has 9 aromatic rings. The topological polar surface area (TPSA) is 35.1 Å². The Morgan fingerprint density at radius 2 is 1.12 bits per heavy atom. The van der Waals surface area contributed by atoms with Crippen molar-refractivity contribution >= 4 is 60.2 Å². The molecule has 0 aliphatic heterocycles. The number of fused-ring (bicyclic) bond motifs is 11. The first-order chi connectivity index (χ1) is 19.8. The lowest BCUT2D eigenvalue weighted by Gasteiger charge is -2.10. The zero-order valence-corrected chi connectivity index (χ0v) is 21.5. The monoisotopic (exact) mass is 510 g/mol. The third-order valence-corrected chi connectivity index (χ3v) is 8.13. The first kappa shape index (κ1) is 21.5. The highest BCUT2D eigenvalue weighted by atomic mass is 15.1. The van der Waals surface area contributed by atoms with E-state index in [0.717, 1.165) is 50.0 Å². The third kappa shape index (κ3) is 2.90. The van der Waals surface area contributed by atoms with E-state index < -0.39 is 0 Å². The first-order valence-corrected chi connectivity index (χ1v) is 13.5. The summed E-state index contributed by atoms with van der Waals surface area (Å²) in [5, 5.41) is 5.97. The van der Waals surface area contributed by atoms with E-state index in [9.17, 15) is 0 Å². The van der Waals surface area contributed by atoms with Crippen molar-refractivity contribution in [1.82, 2.24) is 18.9 Å². The molecule has 0 radical (unpaired) electrons. The Kier molecular flexibility index (Phi) is 4.30. The second-order valence-electron chi connectivity index (χ2n) is 10.3. The molecule has 0 saturated carbocycles. The summed E-state index contributed by atoms with van der Waals surface area (Å²) >= 11 is 0. The summed E-state index contributed by atoms with van der Waals surface area (Å²) < 4.78 is 4.61. The van der Waals surface area contributed by atoms with Crippen LogP contribution in [-0.4, -0.2) is 18.9 Å². The Hall–Kier alpha value is -5.48. The lowest BCUT2D eigenvalue weighted by atomic mass is 10.1. The highest BCUT2D eigenvalue weighted by molar-refractivity contribution is 6.17. The van der Waals surface area contributed by atoms with Crippen LogP contribution in [0.3, 0.4) is 0 Å². The van der Waals surface area contributed by atoms with Gasteiger partial charge in [0.2, 0.25) is 0 Å². The summed E-state index contributed by atoms with van der Waals surface area (Å²) in [6.45, 7) is 0. The van der Waals surface area contributed by atoms with Crippen molar-refractivity contribution in [2.75, 3.05) is 0 Å². The molecular formula is C36H22N4. The summed E-state index contributed by atoms with van der Waals surface area (Å²) in [5.41, 5.74) is 8.79. The average molecular weight is 511 g/mol. The van der Waals surface area contributed by atoms with Crippen LogP contribution >= 0.6 is 0 Å². The van der Waals surface area contributed by atoms with Gasteiger partial charge in [0.25, 0.3) is 0 Å². The van der Waals surface area contributed by atoms with Crippen LogP contribution in [0.2, 0.25) is 0 Å². The molecular weight excluding hydrogens is 488 g/mol. The van der Waals surface area contributed by atoms with Crippen molar-refractivity contribution in [3.8, 4) is 16.9 Å². The molecule has 4 heterocycles. The number of aromatic nitrogens is 4. The van der Waals surface area contributed by atoms with E-state index in [0.29, 0.717) is 0 Å². The minimum Gasteiger partial charge on any atom is -0.294 e. The highest BCUT2D eigenvalue weighted by Gasteiger charge is 2.18. The summed E-state index contributed by atoms with van der Waals surface area (Å²) in [6.07, 6.45) is 1.91. The van der Waals surface area contributed by atoms with E-state index >= 15 is 0 Å². The molecule has 4 heteroatoms. The van der Waals surface area contributed by atoms with E-state index in [1.165, 1.54) is 27.1 Å². The van der Waals surface area contributed by atoms with Gasteiger partial charge in [-0.2, -0.15) is 0 Å². The maximum atomic E-state index is 5.22. The predicted octanol–water partition coefficient (Wildman–Crippen LogP) is 8.95. The first-order valence-electron chi connectivity index (χ1n) is 13.5. The van der Waals surface area contributed by atoms with Gasteiger partial charge in [0.05, 0.1) is 27.6 Å². The Morgan fingerprint density at radius 1 is 0.450 bits per heavy atom. The van der Waals surface area contributed by atoms with Crippen LogP contribution in [0, 0.1) is 0 Å². The molecule has 0 aliphatic rings. The normalized spacial score (nSPS) is 12.0. The van der Waals surface area contributed by atoms with E-state index in [-0.39, 0.29) is 0 Å². The van der Waals surface area contributed by atoms with Gasteiger partial charge in [-0.15, -0.1) is 0 Å². The zero-order chi connectivity index (χ0) is 26.2. The molecule has 5 aromatic carbocycles. The molecule has 0 atom stereocenters. The van der Waals surface area contributed by atoms with Crippen LogP contribution in [0.1, 0.15) is 0 Å². The van der Waals surface area contributed by atoms with Crippen LogP contribution in [-0.2, 0) is 0 Å². The van der Waals surface area contributed by atoms with Gasteiger partial charge in [-0.1, -0.05) is 91.0 Å². The largest absolute Gasteiger partial charge is 0.294 e. The van der Waals surface area contributed by atoms with Crippen LogP contribution in [0.25, 0.3) is 77.1 Å². The van der Waals surface area contributed by atoms with Gasteiger partial charge in [0, 0.05) is 27.7 Å². The molecule has 4 aromatic heterocycles. The Morgan fingerprint density at radius 3 is 1.95 bits per heavy atom. The molecule has 9 rings (SSSR count). The van der Waals surface area contributed by atoms with Gasteiger partial charge in [-0.3, -0.25) is 8.97 Å². The molecule has 40 heavy (non-hydrogen) atoms. The van der Waals surface area contributed by atoms with E-state index in [2.05, 4.69) is 130 Å². The Bertz CT molecular complexity index is 2430. The minimum atomic E-state index is 0.899. The number of hydrogen-bond donors (Lipinski definition) is 0. The lowest BCUT2D eigenvalue weighted by Crippen LogP contribution is -1.98. The Labute approximate surface area is 229 Å². The SMILES string of the molecule is c1ccc(-c2ccnc(-n3c4ccccc4c4cc5nc6c7ccccc7c7ccccc7n6c5cc43)c2)cc1. The van der Waals surface area contributed by atoms with Crippen molar-refractivity contribution in [3.63, 3.8) is 0 Å². The number of hydrogen-bond acceptors (Lipinski definition) is 2. The van der Waals surface area contributed by atoms with Gasteiger partial charge < -0.3 is 0 Å². The smallest absolute Gasteiger partial charge is 0.146 e. The molecule has 0 N–H and O–H groups in total. The lowest BCUT2D eigenvalue weighted by molar-refractivity contribution is 1.08. The van der Waals surface area contributed by atoms with Gasteiger partial charge in [-0.05, 0) is 52.9 Å². The quantitative estimate of drug-likeness (QED) is 0.218. The fourth-order valence-electron chi connectivity index (χ4n) is 6.37. The predicted molar refractivity (Wildman–Crippen MR) is 165 cm³/mol. The Balaban J connectivity index is 1.43. The van der Waals surface area contributed by atoms with E-state index in [1.807, 2.05) is 12.3 Å². The van der Waals surface area contributed by atoms with Crippen molar-refractivity contribution in [1.29, 1.82) is 0 Å². The number of imidazole rings is 1. The summed E-state index contributed by atoms with van der Waals surface area (Å²) in [7, 11) is 0. The number of benzene rings is 5. The summed E-state index contributed by atoms with van der Waals surface area (Å²) in [6, 6.07) is 45.1. The fraction of sp³-hybridized carbons (Fsp3) is 0. The number of para-hydroxylation sites is 2. The number of nitrogens with zero attached hydrogens (tertiary/aromatic N) is 4. The molecule has 0 aliphatic carbocycles. The van der Waals surface area contributed by atoms with Crippen LogP contribution in [0.5, 0.6) is 0 Å². The zero-order valence-electron chi connectivity index (χ0n) is 21.5. The molecule has 0 amide bonds. The van der Waals surface area contributed by atoms with Gasteiger partial charge in [0.1, 0.15) is 11.5 Å². The molecule has 0 unspecified atom stereocenters. The molecule has 0 spiro atoms. The second kappa shape index (κ2) is 8.01. The van der Waals surface area contributed by atoms with Crippen LogP contribution in [0.15, 0.2) is 134 Å². The molecule has 0 fully saturated rings. The van der Waals surface area contributed by atoms with Gasteiger partial charge >= 0.3 is 0 Å². The number of rotatable bonds is 2. The van der Waals surface area contributed by atoms with Gasteiger partial charge in [0.15, 0.2) is 0 Å². The molecule has 186 valence electrons. The average Bonchev–Trinajstić information content (AvgIpc) is 3.56. The maximum absolute atomic E-state index is 5.22. The minimum absolute atomic E-state index is 0.899. The molecule has 0 saturated heterocycles. The standard InChI is InChI=1S/C36H22N4/c1-2-10-23(11-3-1)24-18-19-37-35(20-24)39-31-16-8-7-14-27(31)29-21-30-34(22-33(29)39)40-32-17-9-6-13-26(32)25-12-4-5-15-28(25)36(40)38-30/h1-22H. The summed E-state index contributed by atoms with van der Waals surface area (Å²) in [4.78, 5) is 10.1. The van der Waals surface area contributed by atoms with E-state index in [4.69, 9.17) is 9.97 Å². The second-order valence-corrected chi connectivity index (χ2v) is 10.3. The molecule has 0 bridgehead atoms. The fourth-order valence-corrected chi connectivity index (χ4v) is 6.37.